The number of rotatable bonds is 5. The van der Waals surface area contributed by atoms with Crippen LogP contribution in [0.4, 0.5) is 5.82 Å². The van der Waals surface area contributed by atoms with Gasteiger partial charge in [0.1, 0.15) is 11.4 Å². The summed E-state index contributed by atoms with van der Waals surface area (Å²) in [7, 11) is 0. The average Bonchev–Trinajstić information content (AvgIpc) is 2.59. The first-order chi connectivity index (χ1) is 12.4. The second kappa shape index (κ2) is 7.47. The normalized spacial score (nSPS) is 11.2. The third-order valence-corrected chi connectivity index (χ3v) is 3.46. The lowest BCUT2D eigenvalue weighted by Crippen LogP contribution is -2.23. The highest BCUT2D eigenvalue weighted by Crippen LogP contribution is 2.19. The van der Waals surface area contributed by atoms with Gasteiger partial charge >= 0.3 is 0 Å². The molecular formula is C20H23N5O. The van der Waals surface area contributed by atoms with Gasteiger partial charge in [0.25, 0.3) is 0 Å². The lowest BCUT2D eigenvalue weighted by molar-refractivity contribution is 0.124. The molecule has 1 N–H and O–H groups in total. The second-order valence-corrected chi connectivity index (χ2v) is 7.03. The van der Waals surface area contributed by atoms with E-state index in [4.69, 9.17) is 4.74 Å². The Labute approximate surface area is 153 Å². The van der Waals surface area contributed by atoms with Crippen LogP contribution in [0.1, 0.15) is 32.0 Å². The summed E-state index contributed by atoms with van der Waals surface area (Å²) < 4.78 is 5.82. The van der Waals surface area contributed by atoms with Gasteiger partial charge in [-0.15, -0.1) is 0 Å². The minimum Gasteiger partial charge on any atom is -0.472 e. The predicted molar refractivity (Wildman–Crippen MR) is 102 cm³/mol. The molecule has 26 heavy (non-hydrogen) atoms. The first kappa shape index (κ1) is 17.8. The molecule has 0 spiro atoms. The van der Waals surface area contributed by atoms with Gasteiger partial charge in [-0.05, 0) is 51.5 Å². The quantitative estimate of drug-likeness (QED) is 0.750. The van der Waals surface area contributed by atoms with E-state index >= 15 is 0 Å². The Balaban J connectivity index is 1.74. The van der Waals surface area contributed by atoms with E-state index in [1.807, 2.05) is 58.0 Å². The molecule has 0 unspecified atom stereocenters. The van der Waals surface area contributed by atoms with E-state index in [2.05, 4.69) is 25.3 Å². The van der Waals surface area contributed by atoms with Crippen LogP contribution in [-0.2, 0) is 6.54 Å². The Morgan fingerprint density at radius 2 is 1.92 bits per heavy atom. The lowest BCUT2D eigenvalue weighted by Gasteiger charge is -2.20. The maximum absolute atomic E-state index is 5.82. The zero-order chi connectivity index (χ0) is 18.6. The van der Waals surface area contributed by atoms with Crippen LogP contribution in [0, 0.1) is 6.92 Å². The highest BCUT2D eigenvalue weighted by molar-refractivity contribution is 5.56. The highest BCUT2D eigenvalue weighted by atomic mass is 16.5. The van der Waals surface area contributed by atoms with Crippen LogP contribution in [0.15, 0.2) is 48.9 Å². The molecule has 0 atom stereocenters. The molecule has 0 aliphatic heterocycles. The van der Waals surface area contributed by atoms with Gasteiger partial charge in [0, 0.05) is 48.5 Å². The number of hydrogen-bond donors (Lipinski definition) is 1. The number of nitrogens with zero attached hydrogens (tertiary/aromatic N) is 4. The predicted octanol–water partition coefficient (Wildman–Crippen LogP) is 4.03. The van der Waals surface area contributed by atoms with Crippen LogP contribution in [0.25, 0.3) is 11.4 Å². The Bertz CT molecular complexity index is 875. The summed E-state index contributed by atoms with van der Waals surface area (Å²) in [4.78, 5) is 17.5. The van der Waals surface area contributed by atoms with Crippen LogP contribution in [-0.4, -0.2) is 25.5 Å². The molecule has 0 aromatic carbocycles. The third kappa shape index (κ3) is 4.99. The first-order valence-electron chi connectivity index (χ1n) is 8.53. The minimum atomic E-state index is -0.276. The molecule has 134 valence electrons. The van der Waals surface area contributed by atoms with E-state index in [-0.39, 0.29) is 5.60 Å². The molecule has 0 amide bonds. The zero-order valence-corrected chi connectivity index (χ0v) is 15.5. The summed E-state index contributed by atoms with van der Waals surface area (Å²) in [5.41, 5.74) is 2.58. The van der Waals surface area contributed by atoms with Crippen molar-refractivity contribution in [3.8, 4) is 17.3 Å². The summed E-state index contributed by atoms with van der Waals surface area (Å²) in [6, 6.07) is 9.65. The van der Waals surface area contributed by atoms with Crippen molar-refractivity contribution in [3.05, 3.63) is 60.2 Å². The largest absolute Gasteiger partial charge is 0.472 e. The smallest absolute Gasteiger partial charge is 0.214 e. The number of nitrogens with one attached hydrogen (secondary N) is 1. The number of anilines is 1. The Morgan fingerprint density at radius 3 is 2.65 bits per heavy atom. The van der Waals surface area contributed by atoms with Gasteiger partial charge in [0.05, 0.1) is 0 Å². The number of aromatic nitrogens is 4. The van der Waals surface area contributed by atoms with E-state index in [0.29, 0.717) is 18.2 Å². The molecule has 3 aromatic heterocycles. The van der Waals surface area contributed by atoms with Gasteiger partial charge < -0.3 is 10.1 Å². The maximum atomic E-state index is 5.82. The van der Waals surface area contributed by atoms with Crippen LogP contribution in [0.2, 0.25) is 0 Å². The van der Waals surface area contributed by atoms with E-state index in [1.54, 1.807) is 18.6 Å². The fraction of sp³-hybridized carbons (Fsp3) is 0.300. The monoisotopic (exact) mass is 349 g/mol. The van der Waals surface area contributed by atoms with Crippen molar-refractivity contribution in [1.29, 1.82) is 0 Å². The molecule has 0 fully saturated rings. The summed E-state index contributed by atoms with van der Waals surface area (Å²) in [5, 5.41) is 3.35. The number of ether oxygens (including phenoxy) is 1. The number of aryl methyl sites for hydroxylation is 1. The van der Waals surface area contributed by atoms with Gasteiger partial charge in [-0.2, -0.15) is 0 Å². The van der Waals surface area contributed by atoms with Gasteiger partial charge in [0.15, 0.2) is 5.82 Å². The van der Waals surface area contributed by atoms with E-state index in [9.17, 15) is 0 Å². The zero-order valence-electron chi connectivity index (χ0n) is 15.5. The summed E-state index contributed by atoms with van der Waals surface area (Å²) in [6.07, 6.45) is 5.25. The molecule has 0 bridgehead atoms. The molecular weight excluding hydrogens is 326 g/mol. The van der Waals surface area contributed by atoms with Crippen molar-refractivity contribution < 1.29 is 4.74 Å². The summed E-state index contributed by atoms with van der Waals surface area (Å²) in [5.74, 6) is 2.05. The molecule has 0 aliphatic rings. The molecule has 0 radical (unpaired) electrons. The standard InChI is InChI=1S/C20H23N5O/c1-14-10-17(25-19(24-14)16-6-5-8-21-13-16)23-12-15-7-9-22-18(11-15)26-20(2,3)4/h5-11,13H,12H2,1-4H3,(H,23,24,25). The topological polar surface area (TPSA) is 72.8 Å². The third-order valence-electron chi connectivity index (χ3n) is 3.46. The van der Waals surface area contributed by atoms with E-state index in [1.165, 1.54) is 0 Å². The number of pyridine rings is 2. The fourth-order valence-corrected chi connectivity index (χ4v) is 2.41. The van der Waals surface area contributed by atoms with Crippen LogP contribution in [0.3, 0.4) is 0 Å². The van der Waals surface area contributed by atoms with Crippen molar-refractivity contribution in [2.45, 2.75) is 39.8 Å². The average molecular weight is 349 g/mol. The molecule has 6 heteroatoms. The molecule has 3 heterocycles. The van der Waals surface area contributed by atoms with Crippen molar-refractivity contribution >= 4 is 5.82 Å². The highest BCUT2D eigenvalue weighted by Gasteiger charge is 2.13. The van der Waals surface area contributed by atoms with Gasteiger partial charge in [-0.25, -0.2) is 15.0 Å². The molecule has 0 aliphatic carbocycles. The fourth-order valence-electron chi connectivity index (χ4n) is 2.41. The Morgan fingerprint density at radius 1 is 1.08 bits per heavy atom. The van der Waals surface area contributed by atoms with Crippen LogP contribution >= 0.6 is 0 Å². The van der Waals surface area contributed by atoms with Gasteiger partial charge in [-0.3, -0.25) is 4.98 Å². The lowest BCUT2D eigenvalue weighted by atomic mass is 10.2. The Hall–Kier alpha value is -3.02. The summed E-state index contributed by atoms with van der Waals surface area (Å²) >= 11 is 0. The second-order valence-electron chi connectivity index (χ2n) is 7.03. The SMILES string of the molecule is Cc1cc(NCc2ccnc(OC(C)(C)C)c2)nc(-c2cccnc2)n1. The molecule has 0 saturated carbocycles. The van der Waals surface area contributed by atoms with Crippen molar-refractivity contribution in [1.82, 2.24) is 19.9 Å². The van der Waals surface area contributed by atoms with Gasteiger partial charge in [-0.1, -0.05) is 0 Å². The maximum Gasteiger partial charge on any atom is 0.214 e. The first-order valence-corrected chi connectivity index (χ1v) is 8.53. The van der Waals surface area contributed by atoms with Crippen molar-refractivity contribution in [2.24, 2.45) is 0 Å². The van der Waals surface area contributed by atoms with Crippen molar-refractivity contribution in [3.63, 3.8) is 0 Å². The van der Waals surface area contributed by atoms with E-state index in [0.717, 1.165) is 22.6 Å². The number of hydrogen-bond acceptors (Lipinski definition) is 6. The van der Waals surface area contributed by atoms with Crippen LogP contribution < -0.4 is 10.1 Å². The molecule has 0 saturated heterocycles. The Kier molecular flexibility index (Phi) is 5.11. The minimum absolute atomic E-state index is 0.276. The molecule has 3 aromatic rings. The molecule has 6 nitrogen and oxygen atoms in total. The van der Waals surface area contributed by atoms with Crippen molar-refractivity contribution in [2.75, 3.05) is 5.32 Å². The van der Waals surface area contributed by atoms with Gasteiger partial charge in [0.2, 0.25) is 5.88 Å². The summed E-state index contributed by atoms with van der Waals surface area (Å²) in [6.45, 7) is 8.58. The van der Waals surface area contributed by atoms with E-state index < -0.39 is 0 Å². The van der Waals surface area contributed by atoms with Crippen LogP contribution in [0.5, 0.6) is 5.88 Å². The molecule has 3 rings (SSSR count).